The molecule has 1 unspecified atom stereocenters. The van der Waals surface area contributed by atoms with Crippen LogP contribution < -0.4 is 0 Å². The van der Waals surface area contributed by atoms with Crippen LogP contribution in [0.25, 0.3) is 0 Å². The van der Waals surface area contributed by atoms with Gasteiger partial charge in [0.05, 0.1) is 5.25 Å². The van der Waals surface area contributed by atoms with Crippen molar-refractivity contribution in [3.8, 4) is 0 Å². The average Bonchev–Trinajstić information content (AvgIpc) is 2.16. The van der Waals surface area contributed by atoms with Crippen LogP contribution in [0.2, 0.25) is 0 Å². The Balaban J connectivity index is 2.46. The lowest BCUT2D eigenvalue weighted by atomic mass is 10.2. The van der Waals surface area contributed by atoms with Crippen LogP contribution in [0.1, 0.15) is 19.4 Å². The molecule has 0 spiro atoms. The van der Waals surface area contributed by atoms with E-state index in [9.17, 15) is 4.79 Å². The van der Waals surface area contributed by atoms with Gasteiger partial charge in [0.15, 0.2) is 0 Å². The maximum atomic E-state index is 11.0. The first-order chi connectivity index (χ1) is 6.59. The molecule has 0 radical (unpaired) electrons. The fourth-order valence-corrected chi connectivity index (χ4v) is 2.05. The first-order valence-electron chi connectivity index (χ1n) is 4.46. The molecule has 1 atom stereocenters. The molecule has 0 N–H and O–H groups in total. The van der Waals surface area contributed by atoms with E-state index in [1.165, 1.54) is 5.56 Å². The first kappa shape index (κ1) is 11.8. The summed E-state index contributed by atoms with van der Waals surface area (Å²) in [5, 5.41) is 0.0960. The number of Topliss-reactive ketones (excluding diaryl/α,β-unsaturated/α-hetero) is 1. The van der Waals surface area contributed by atoms with Gasteiger partial charge < -0.3 is 0 Å². The van der Waals surface area contributed by atoms with Crippen LogP contribution in [0.5, 0.6) is 0 Å². The molecular weight excluding hydrogens is 260 g/mol. The summed E-state index contributed by atoms with van der Waals surface area (Å²) in [6.07, 6.45) is 0. The van der Waals surface area contributed by atoms with Crippen molar-refractivity contribution < 1.29 is 4.79 Å². The van der Waals surface area contributed by atoms with E-state index >= 15 is 0 Å². The number of thioether (sulfide) groups is 1. The number of rotatable bonds is 4. The molecule has 1 aromatic carbocycles. The van der Waals surface area contributed by atoms with E-state index in [0.717, 1.165) is 10.2 Å². The Bertz CT molecular complexity index is 308. The van der Waals surface area contributed by atoms with Crippen molar-refractivity contribution in [1.82, 2.24) is 0 Å². The lowest BCUT2D eigenvalue weighted by Crippen LogP contribution is -2.08. The van der Waals surface area contributed by atoms with Gasteiger partial charge in [0.25, 0.3) is 0 Å². The molecule has 0 bridgehead atoms. The van der Waals surface area contributed by atoms with Crippen molar-refractivity contribution in [1.29, 1.82) is 0 Å². The Hall–Kier alpha value is -0.280. The average molecular weight is 273 g/mol. The largest absolute Gasteiger partial charge is 0.299 e. The zero-order valence-corrected chi connectivity index (χ0v) is 10.7. The lowest BCUT2D eigenvalue weighted by molar-refractivity contribution is -0.116. The van der Waals surface area contributed by atoms with E-state index in [1.807, 2.05) is 19.1 Å². The summed E-state index contributed by atoms with van der Waals surface area (Å²) in [6, 6.07) is 8.19. The van der Waals surface area contributed by atoms with Gasteiger partial charge in [-0.25, -0.2) is 0 Å². The molecule has 0 aromatic heterocycles. The van der Waals surface area contributed by atoms with E-state index in [2.05, 4.69) is 28.1 Å². The Labute approximate surface area is 97.4 Å². The molecule has 76 valence electrons. The van der Waals surface area contributed by atoms with Gasteiger partial charge in [-0.2, -0.15) is 0 Å². The standard InChI is InChI=1S/C11H13BrOS/c1-8(13)9(2)14-7-10-3-5-11(12)6-4-10/h3-6,9H,7H2,1-2H3. The van der Waals surface area contributed by atoms with Crippen molar-refractivity contribution in [2.45, 2.75) is 24.9 Å². The van der Waals surface area contributed by atoms with Gasteiger partial charge in [-0.1, -0.05) is 28.1 Å². The van der Waals surface area contributed by atoms with Gasteiger partial charge >= 0.3 is 0 Å². The fourth-order valence-electron chi connectivity index (χ4n) is 0.919. The molecule has 1 nitrogen and oxygen atoms in total. The summed E-state index contributed by atoms with van der Waals surface area (Å²) in [6.45, 7) is 3.59. The van der Waals surface area contributed by atoms with Crippen LogP contribution >= 0.6 is 27.7 Å². The number of carbonyl (C=O) groups excluding carboxylic acids is 1. The molecule has 0 fully saturated rings. The van der Waals surface area contributed by atoms with Crippen molar-refractivity contribution in [2.24, 2.45) is 0 Å². The molecular formula is C11H13BrOS. The SMILES string of the molecule is CC(=O)C(C)SCc1ccc(Br)cc1. The van der Waals surface area contributed by atoms with Crippen LogP contribution in [0.3, 0.4) is 0 Å². The van der Waals surface area contributed by atoms with Crippen molar-refractivity contribution in [3.05, 3.63) is 34.3 Å². The summed E-state index contributed by atoms with van der Waals surface area (Å²) in [4.78, 5) is 11.0. The summed E-state index contributed by atoms with van der Waals surface area (Å²) >= 11 is 5.07. The van der Waals surface area contributed by atoms with Crippen molar-refractivity contribution >= 4 is 33.5 Å². The maximum Gasteiger partial charge on any atom is 0.142 e. The van der Waals surface area contributed by atoms with Crippen LogP contribution in [-0.4, -0.2) is 11.0 Å². The number of hydrogen-bond acceptors (Lipinski definition) is 2. The van der Waals surface area contributed by atoms with E-state index in [-0.39, 0.29) is 11.0 Å². The van der Waals surface area contributed by atoms with Crippen molar-refractivity contribution in [3.63, 3.8) is 0 Å². The Morgan fingerprint density at radius 3 is 2.50 bits per heavy atom. The summed E-state index contributed by atoms with van der Waals surface area (Å²) in [5.41, 5.74) is 1.26. The third-order valence-corrected chi connectivity index (χ3v) is 3.85. The topological polar surface area (TPSA) is 17.1 Å². The Morgan fingerprint density at radius 1 is 1.43 bits per heavy atom. The second-order valence-corrected chi connectivity index (χ2v) is 5.44. The number of benzene rings is 1. The normalized spacial score (nSPS) is 12.5. The molecule has 1 aromatic rings. The third-order valence-electron chi connectivity index (χ3n) is 1.99. The monoisotopic (exact) mass is 272 g/mol. The molecule has 0 saturated carbocycles. The molecule has 0 amide bonds. The molecule has 0 aliphatic heterocycles. The van der Waals surface area contributed by atoms with Crippen LogP contribution in [-0.2, 0) is 10.5 Å². The van der Waals surface area contributed by atoms with E-state index in [0.29, 0.717) is 0 Å². The van der Waals surface area contributed by atoms with Crippen LogP contribution in [0.4, 0.5) is 0 Å². The molecule has 3 heteroatoms. The smallest absolute Gasteiger partial charge is 0.142 e. The Morgan fingerprint density at radius 2 is 2.00 bits per heavy atom. The molecule has 1 rings (SSSR count). The highest BCUT2D eigenvalue weighted by Gasteiger charge is 2.07. The molecule has 0 saturated heterocycles. The summed E-state index contributed by atoms with van der Waals surface area (Å²) in [5.74, 6) is 1.14. The Kier molecular flexibility index (Phi) is 4.69. The minimum atomic E-state index is 0.0960. The number of halogens is 1. The summed E-state index contributed by atoms with van der Waals surface area (Å²) in [7, 11) is 0. The van der Waals surface area contributed by atoms with E-state index < -0.39 is 0 Å². The highest BCUT2D eigenvalue weighted by atomic mass is 79.9. The predicted octanol–water partition coefficient (Wildman–Crippen LogP) is 3.66. The van der Waals surface area contributed by atoms with Gasteiger partial charge in [0.2, 0.25) is 0 Å². The molecule has 0 aliphatic carbocycles. The second kappa shape index (κ2) is 5.56. The van der Waals surface area contributed by atoms with Gasteiger partial charge in [0.1, 0.15) is 5.78 Å². The number of carbonyl (C=O) groups is 1. The zero-order valence-electron chi connectivity index (χ0n) is 8.29. The predicted molar refractivity (Wildman–Crippen MR) is 65.6 cm³/mol. The summed E-state index contributed by atoms with van der Waals surface area (Å²) < 4.78 is 1.09. The second-order valence-electron chi connectivity index (χ2n) is 3.19. The number of ketones is 1. The third kappa shape index (κ3) is 3.84. The molecule has 14 heavy (non-hydrogen) atoms. The van der Waals surface area contributed by atoms with Crippen LogP contribution in [0.15, 0.2) is 28.7 Å². The minimum absolute atomic E-state index is 0.0960. The van der Waals surface area contributed by atoms with Gasteiger partial charge in [-0.05, 0) is 31.5 Å². The van der Waals surface area contributed by atoms with Crippen LogP contribution in [0, 0.1) is 0 Å². The maximum absolute atomic E-state index is 11.0. The highest BCUT2D eigenvalue weighted by molar-refractivity contribution is 9.10. The molecule has 0 aliphatic rings. The highest BCUT2D eigenvalue weighted by Crippen LogP contribution is 2.19. The fraction of sp³-hybridized carbons (Fsp3) is 0.364. The lowest BCUT2D eigenvalue weighted by Gasteiger charge is -2.06. The van der Waals surface area contributed by atoms with Crippen molar-refractivity contribution in [2.75, 3.05) is 0 Å². The van der Waals surface area contributed by atoms with Gasteiger partial charge in [-0.3, -0.25) is 4.79 Å². The van der Waals surface area contributed by atoms with E-state index in [4.69, 9.17) is 0 Å². The first-order valence-corrected chi connectivity index (χ1v) is 6.30. The molecule has 0 heterocycles. The minimum Gasteiger partial charge on any atom is -0.299 e. The van der Waals surface area contributed by atoms with Gasteiger partial charge in [0, 0.05) is 10.2 Å². The van der Waals surface area contributed by atoms with E-state index in [1.54, 1.807) is 18.7 Å². The van der Waals surface area contributed by atoms with Gasteiger partial charge in [-0.15, -0.1) is 11.8 Å². The zero-order chi connectivity index (χ0) is 10.6. The quantitative estimate of drug-likeness (QED) is 0.832. The number of hydrogen-bond donors (Lipinski definition) is 0.